The van der Waals surface area contributed by atoms with Crippen molar-refractivity contribution in [2.24, 2.45) is 0 Å². The number of fused-ring (bicyclic) bond motifs is 1. The van der Waals surface area contributed by atoms with Crippen LogP contribution in [0.4, 0.5) is 16.3 Å². The Hall–Kier alpha value is -3.72. The third-order valence-electron chi connectivity index (χ3n) is 6.18. The van der Waals surface area contributed by atoms with Crippen molar-refractivity contribution in [3.05, 3.63) is 82.5 Å². The van der Waals surface area contributed by atoms with E-state index < -0.39 is 0 Å². The van der Waals surface area contributed by atoms with Crippen LogP contribution in [0.1, 0.15) is 25.3 Å². The Morgan fingerprint density at radius 1 is 1.11 bits per heavy atom. The van der Waals surface area contributed by atoms with E-state index in [1.54, 1.807) is 6.92 Å². The molecule has 0 saturated carbocycles. The molecule has 5 rings (SSSR count). The number of anilines is 2. The minimum atomic E-state index is -0.232. The molecule has 2 N–H and O–H groups in total. The SMILES string of the molecule is CCO.CN(c1nccc(=O)[nH]1)C1CCN(c2nc3ccccc3n2Cc2ccc(F)cc2)CC1. The summed E-state index contributed by atoms with van der Waals surface area (Å²) in [6.45, 7) is 4.25. The van der Waals surface area contributed by atoms with Crippen molar-refractivity contribution in [2.45, 2.75) is 32.4 Å². The minimum absolute atomic E-state index is 0.145. The van der Waals surface area contributed by atoms with Gasteiger partial charge in [0.1, 0.15) is 5.82 Å². The summed E-state index contributed by atoms with van der Waals surface area (Å²) < 4.78 is 15.6. The van der Waals surface area contributed by atoms with Gasteiger partial charge in [-0.05, 0) is 49.6 Å². The highest BCUT2D eigenvalue weighted by molar-refractivity contribution is 5.79. The number of aromatic nitrogens is 4. The van der Waals surface area contributed by atoms with Crippen LogP contribution in [-0.4, -0.2) is 57.4 Å². The lowest BCUT2D eigenvalue weighted by atomic mass is 10.0. The Morgan fingerprint density at radius 3 is 2.49 bits per heavy atom. The van der Waals surface area contributed by atoms with Crippen molar-refractivity contribution in [1.29, 1.82) is 0 Å². The maximum Gasteiger partial charge on any atom is 0.252 e. The van der Waals surface area contributed by atoms with Crippen LogP contribution in [0.15, 0.2) is 65.6 Å². The number of imidazole rings is 1. The quantitative estimate of drug-likeness (QED) is 0.457. The highest BCUT2D eigenvalue weighted by Gasteiger charge is 2.27. The zero-order valence-electron chi connectivity index (χ0n) is 20.1. The number of hydrogen-bond donors (Lipinski definition) is 2. The van der Waals surface area contributed by atoms with Crippen molar-refractivity contribution in [3.8, 4) is 0 Å². The van der Waals surface area contributed by atoms with Gasteiger partial charge < -0.3 is 19.5 Å². The van der Waals surface area contributed by atoms with Gasteiger partial charge in [0.2, 0.25) is 11.9 Å². The largest absolute Gasteiger partial charge is 0.397 e. The number of hydrogen-bond acceptors (Lipinski definition) is 6. The summed E-state index contributed by atoms with van der Waals surface area (Å²) in [5, 5.41) is 7.57. The number of nitrogens with one attached hydrogen (secondary N) is 1. The van der Waals surface area contributed by atoms with E-state index in [1.165, 1.54) is 24.4 Å². The third-order valence-corrected chi connectivity index (χ3v) is 6.18. The number of H-pyrrole nitrogens is 1. The molecule has 0 aliphatic carbocycles. The summed E-state index contributed by atoms with van der Waals surface area (Å²) in [7, 11) is 1.97. The van der Waals surface area contributed by atoms with E-state index >= 15 is 0 Å². The molecule has 0 spiro atoms. The average Bonchev–Trinajstić information content (AvgIpc) is 3.24. The lowest BCUT2D eigenvalue weighted by Crippen LogP contribution is -2.45. The van der Waals surface area contributed by atoms with Crippen LogP contribution in [-0.2, 0) is 6.54 Å². The van der Waals surface area contributed by atoms with Gasteiger partial charge in [-0.1, -0.05) is 24.3 Å². The maximum absolute atomic E-state index is 13.4. The fourth-order valence-corrected chi connectivity index (χ4v) is 4.40. The molecule has 3 heterocycles. The molecule has 8 nitrogen and oxygen atoms in total. The zero-order chi connectivity index (χ0) is 24.8. The molecule has 2 aromatic heterocycles. The number of halogens is 1. The summed E-state index contributed by atoms with van der Waals surface area (Å²) in [6.07, 6.45) is 3.39. The first-order valence-corrected chi connectivity index (χ1v) is 11.8. The van der Waals surface area contributed by atoms with Gasteiger partial charge in [-0.25, -0.2) is 14.4 Å². The van der Waals surface area contributed by atoms with E-state index in [2.05, 4.69) is 30.4 Å². The number of para-hydroxylation sites is 2. The summed E-state index contributed by atoms with van der Waals surface area (Å²) >= 11 is 0. The number of aliphatic hydroxyl groups is 1. The van der Waals surface area contributed by atoms with E-state index in [4.69, 9.17) is 10.1 Å². The molecular weight excluding hydrogens is 447 g/mol. The molecule has 1 saturated heterocycles. The van der Waals surface area contributed by atoms with E-state index in [0.29, 0.717) is 12.5 Å². The molecule has 1 aliphatic heterocycles. The molecule has 9 heteroatoms. The molecule has 1 fully saturated rings. The van der Waals surface area contributed by atoms with Gasteiger partial charge >= 0.3 is 0 Å². The Kier molecular flexibility index (Phi) is 7.77. The van der Waals surface area contributed by atoms with Crippen molar-refractivity contribution < 1.29 is 9.50 Å². The third kappa shape index (κ3) is 5.68. The van der Waals surface area contributed by atoms with Crippen LogP contribution in [0.3, 0.4) is 0 Å². The van der Waals surface area contributed by atoms with Gasteiger partial charge in [0.25, 0.3) is 5.56 Å². The second kappa shape index (κ2) is 11.1. The first-order valence-electron chi connectivity index (χ1n) is 11.8. The van der Waals surface area contributed by atoms with Crippen LogP contribution in [0.5, 0.6) is 0 Å². The maximum atomic E-state index is 13.4. The minimum Gasteiger partial charge on any atom is -0.397 e. The first kappa shape index (κ1) is 24.4. The molecule has 0 unspecified atom stereocenters. The van der Waals surface area contributed by atoms with Crippen LogP contribution in [0.25, 0.3) is 11.0 Å². The lowest BCUT2D eigenvalue weighted by Gasteiger charge is -2.37. The molecule has 4 aromatic rings. The van der Waals surface area contributed by atoms with Crippen molar-refractivity contribution in [2.75, 3.05) is 36.5 Å². The van der Waals surface area contributed by atoms with Crippen LogP contribution < -0.4 is 15.4 Å². The van der Waals surface area contributed by atoms with Gasteiger partial charge in [0, 0.05) is 45.0 Å². The Morgan fingerprint density at radius 2 is 1.80 bits per heavy atom. The smallest absolute Gasteiger partial charge is 0.252 e. The van der Waals surface area contributed by atoms with Crippen LogP contribution in [0, 0.1) is 5.82 Å². The van der Waals surface area contributed by atoms with Crippen LogP contribution >= 0.6 is 0 Å². The fourth-order valence-electron chi connectivity index (χ4n) is 4.40. The predicted octanol–water partition coefficient (Wildman–Crippen LogP) is 3.41. The molecule has 1 aliphatic rings. The molecule has 0 amide bonds. The predicted molar refractivity (Wildman–Crippen MR) is 136 cm³/mol. The van der Waals surface area contributed by atoms with Crippen molar-refractivity contribution in [1.82, 2.24) is 19.5 Å². The van der Waals surface area contributed by atoms with Gasteiger partial charge in [0.15, 0.2) is 0 Å². The van der Waals surface area contributed by atoms with Gasteiger partial charge in [-0.3, -0.25) is 9.78 Å². The zero-order valence-corrected chi connectivity index (χ0v) is 20.1. The number of aromatic amines is 1. The standard InChI is InChI=1S/C24H25FN6O.C2H6O/c1-29(23-26-13-10-22(32)28-23)19-11-14-30(15-12-19)24-27-20-4-2-3-5-21(20)31(24)16-17-6-8-18(25)9-7-17;1-2-3/h2-10,13,19H,11-12,14-16H2,1H3,(H,26,28,32);3H,2H2,1H3. The Balaban J connectivity index is 0.000000917. The van der Waals surface area contributed by atoms with E-state index in [-0.39, 0.29) is 24.0 Å². The molecule has 35 heavy (non-hydrogen) atoms. The summed E-state index contributed by atoms with van der Waals surface area (Å²) in [5.41, 5.74) is 2.91. The number of aliphatic hydroxyl groups excluding tert-OH is 1. The lowest BCUT2D eigenvalue weighted by molar-refractivity contribution is 0.318. The van der Waals surface area contributed by atoms with E-state index in [0.717, 1.165) is 48.5 Å². The molecule has 184 valence electrons. The van der Waals surface area contributed by atoms with Gasteiger partial charge in [-0.15, -0.1) is 0 Å². The van der Waals surface area contributed by atoms with Crippen molar-refractivity contribution in [3.63, 3.8) is 0 Å². The van der Waals surface area contributed by atoms with Crippen molar-refractivity contribution >= 4 is 22.9 Å². The van der Waals surface area contributed by atoms with E-state index in [9.17, 15) is 9.18 Å². The van der Waals surface area contributed by atoms with E-state index in [1.807, 2.05) is 37.4 Å². The normalized spacial score (nSPS) is 14.0. The average molecular weight is 479 g/mol. The summed E-state index contributed by atoms with van der Waals surface area (Å²) in [4.78, 5) is 28.1. The summed E-state index contributed by atoms with van der Waals surface area (Å²) in [6, 6.07) is 16.5. The molecule has 0 atom stereocenters. The second-order valence-electron chi connectivity index (χ2n) is 8.52. The topological polar surface area (TPSA) is 90.3 Å². The first-order chi connectivity index (χ1) is 17.0. The fraction of sp³-hybridized carbons (Fsp3) is 0.346. The van der Waals surface area contributed by atoms with Gasteiger partial charge in [-0.2, -0.15) is 0 Å². The molecule has 0 bridgehead atoms. The number of rotatable bonds is 5. The summed E-state index contributed by atoms with van der Waals surface area (Å²) in [5.74, 6) is 1.30. The van der Waals surface area contributed by atoms with Gasteiger partial charge in [0.05, 0.1) is 17.6 Å². The highest BCUT2D eigenvalue weighted by atomic mass is 19.1. The number of nitrogens with zero attached hydrogens (tertiary/aromatic N) is 5. The second-order valence-corrected chi connectivity index (χ2v) is 8.52. The Bertz CT molecular complexity index is 1300. The number of piperidine rings is 1. The molecule has 2 aromatic carbocycles. The molecular formula is C26H31FN6O2. The monoisotopic (exact) mass is 478 g/mol. The molecule has 0 radical (unpaired) electrons. The highest BCUT2D eigenvalue weighted by Crippen LogP contribution is 2.28. The van der Waals surface area contributed by atoms with Crippen LogP contribution in [0.2, 0.25) is 0 Å². The Labute approximate surface area is 203 Å². The number of benzene rings is 2.